The Hall–Kier alpha value is -3.43. The maximum atomic E-state index is 15.5. The smallest absolute Gasteiger partial charge is 0.350 e. The summed E-state index contributed by atoms with van der Waals surface area (Å²) in [6.45, 7) is 4.28. The zero-order chi connectivity index (χ0) is 25.1. The third-order valence-electron chi connectivity index (χ3n) is 7.86. The average Bonchev–Trinajstić information content (AvgIpc) is 3.11. The summed E-state index contributed by atoms with van der Waals surface area (Å²) in [5, 5.41) is 19.0. The number of rotatable bonds is 4. The van der Waals surface area contributed by atoms with Crippen LogP contribution in [-0.4, -0.2) is 49.1 Å². The first-order chi connectivity index (χ1) is 16.5. The van der Waals surface area contributed by atoms with Gasteiger partial charge in [-0.3, -0.25) is 4.57 Å². The van der Waals surface area contributed by atoms with E-state index in [1.54, 1.807) is 12.1 Å². The van der Waals surface area contributed by atoms with E-state index in [2.05, 4.69) is 27.1 Å². The van der Waals surface area contributed by atoms with Crippen molar-refractivity contribution in [3.63, 3.8) is 0 Å². The number of phenols is 1. The number of benzene rings is 1. The Balaban J connectivity index is 1.39. The van der Waals surface area contributed by atoms with Gasteiger partial charge in [0.05, 0.1) is 23.5 Å². The van der Waals surface area contributed by atoms with E-state index >= 15 is 4.39 Å². The van der Waals surface area contributed by atoms with Gasteiger partial charge >= 0.3 is 5.69 Å². The van der Waals surface area contributed by atoms with Crippen LogP contribution in [0.1, 0.15) is 39.5 Å². The van der Waals surface area contributed by atoms with Gasteiger partial charge in [-0.25, -0.2) is 14.2 Å². The molecule has 0 amide bonds. The number of nitrogens with zero attached hydrogens (tertiary/aromatic N) is 6. The second kappa shape index (κ2) is 8.07. The molecule has 2 heterocycles. The maximum absolute atomic E-state index is 15.5. The molecule has 2 aromatic heterocycles. The van der Waals surface area contributed by atoms with Crippen molar-refractivity contribution >= 4 is 5.82 Å². The number of halogens is 2. The molecule has 0 unspecified atom stereocenters. The van der Waals surface area contributed by atoms with Gasteiger partial charge in [0, 0.05) is 31.1 Å². The normalized spacial score (nSPS) is 27.7. The highest BCUT2D eigenvalue weighted by molar-refractivity contribution is 5.71. The molecule has 2 aliphatic carbocycles. The zero-order valence-electron chi connectivity index (χ0n) is 20.2. The van der Waals surface area contributed by atoms with Gasteiger partial charge in [-0.1, -0.05) is 19.9 Å². The fraction of sp³-hybridized carbons (Fsp3) is 0.480. The lowest BCUT2D eigenvalue weighted by atomic mass is 9.67. The molecule has 2 fully saturated rings. The fourth-order valence-corrected chi connectivity index (χ4v) is 5.82. The first-order valence-electron chi connectivity index (χ1n) is 11.6. The molecule has 2 saturated carbocycles. The lowest BCUT2D eigenvalue weighted by molar-refractivity contribution is 0.0380. The molecular weight excluding hydrogens is 454 g/mol. The van der Waals surface area contributed by atoms with Gasteiger partial charge < -0.3 is 10.0 Å². The van der Waals surface area contributed by atoms with Crippen LogP contribution < -0.4 is 10.6 Å². The van der Waals surface area contributed by atoms with Crippen LogP contribution in [0.15, 0.2) is 35.3 Å². The van der Waals surface area contributed by atoms with Crippen LogP contribution in [0.5, 0.6) is 5.75 Å². The Morgan fingerprint density at radius 2 is 1.97 bits per heavy atom. The van der Waals surface area contributed by atoms with E-state index in [1.165, 1.54) is 19.3 Å². The molecule has 1 N–H and O–H groups in total. The largest absolute Gasteiger partial charge is 0.507 e. The molecule has 5 rings (SSSR count). The quantitative estimate of drug-likeness (QED) is 0.564. The monoisotopic (exact) mass is 482 g/mol. The summed E-state index contributed by atoms with van der Waals surface area (Å²) in [6, 6.07) is 5.33. The van der Waals surface area contributed by atoms with Gasteiger partial charge in [0.15, 0.2) is 17.6 Å². The molecule has 0 aliphatic heterocycles. The molecule has 0 spiro atoms. The summed E-state index contributed by atoms with van der Waals surface area (Å²) in [7, 11) is 3.11. The maximum Gasteiger partial charge on any atom is 0.350 e. The van der Waals surface area contributed by atoms with Gasteiger partial charge in [-0.05, 0) is 43.2 Å². The molecule has 1 aromatic carbocycles. The lowest BCUT2D eigenvalue weighted by Crippen LogP contribution is -2.52. The third-order valence-corrected chi connectivity index (χ3v) is 7.86. The second-order valence-corrected chi connectivity index (χ2v) is 10.6. The van der Waals surface area contributed by atoms with Gasteiger partial charge in [-0.15, -0.1) is 10.2 Å². The van der Waals surface area contributed by atoms with Crippen LogP contribution in [0, 0.1) is 16.8 Å². The number of aromatic hydroxyl groups is 1. The number of aromatic nitrogens is 5. The molecule has 35 heavy (non-hydrogen) atoms. The minimum absolute atomic E-state index is 0.105. The molecule has 10 heteroatoms. The summed E-state index contributed by atoms with van der Waals surface area (Å²) >= 11 is 0. The van der Waals surface area contributed by atoms with Crippen LogP contribution in [0.3, 0.4) is 0 Å². The van der Waals surface area contributed by atoms with Crippen LogP contribution >= 0.6 is 0 Å². The summed E-state index contributed by atoms with van der Waals surface area (Å²) in [5.41, 5.74) is -0.130. The Morgan fingerprint density at radius 3 is 2.63 bits per heavy atom. The van der Waals surface area contributed by atoms with Gasteiger partial charge in [0.25, 0.3) is 0 Å². The van der Waals surface area contributed by atoms with E-state index in [1.807, 2.05) is 18.9 Å². The number of hydrogen-bond acceptors (Lipinski definition) is 7. The summed E-state index contributed by atoms with van der Waals surface area (Å²) in [4.78, 5) is 21.8. The number of hydrogen-bond donors (Lipinski definition) is 1. The molecule has 4 atom stereocenters. The van der Waals surface area contributed by atoms with E-state index in [9.17, 15) is 14.3 Å². The van der Waals surface area contributed by atoms with Crippen molar-refractivity contribution < 1.29 is 13.9 Å². The van der Waals surface area contributed by atoms with Crippen LogP contribution in [0.25, 0.3) is 22.6 Å². The summed E-state index contributed by atoms with van der Waals surface area (Å²) in [5.74, 6) is -0.248. The highest BCUT2D eigenvalue weighted by atomic mass is 19.1. The molecular formula is C25H28F2N6O2. The van der Waals surface area contributed by atoms with E-state index in [0.29, 0.717) is 16.9 Å². The Morgan fingerprint density at radius 1 is 1.20 bits per heavy atom. The fourth-order valence-electron chi connectivity index (χ4n) is 5.82. The predicted octanol–water partition coefficient (Wildman–Crippen LogP) is 3.89. The van der Waals surface area contributed by atoms with Crippen molar-refractivity contribution in [2.75, 3.05) is 11.9 Å². The average molecular weight is 483 g/mol. The minimum Gasteiger partial charge on any atom is -0.507 e. The predicted molar refractivity (Wildman–Crippen MR) is 127 cm³/mol. The van der Waals surface area contributed by atoms with Crippen molar-refractivity contribution in [1.82, 2.24) is 24.7 Å². The first-order valence-corrected chi connectivity index (χ1v) is 11.6. The van der Waals surface area contributed by atoms with Crippen molar-refractivity contribution in [3.8, 4) is 28.4 Å². The van der Waals surface area contributed by atoms with E-state index in [4.69, 9.17) is 0 Å². The van der Waals surface area contributed by atoms with Crippen molar-refractivity contribution in [1.29, 1.82) is 0 Å². The summed E-state index contributed by atoms with van der Waals surface area (Å²) < 4.78 is 30.2. The number of fused-ring (bicyclic) bond motifs is 2. The topological polar surface area (TPSA) is 97.0 Å². The Kier molecular flexibility index (Phi) is 5.37. The highest BCUT2D eigenvalue weighted by Crippen LogP contribution is 2.59. The summed E-state index contributed by atoms with van der Waals surface area (Å²) in [6.07, 6.45) is 4.15. The standard InChI is InChI=1S/C25H28F2N6O2/c1-24-7-8-25(2,13-24)21(27)17(11-24)32(3)20-12-28-22(31-30-20)15-6-5-14(9-18(15)34)16-10-19(26)33(4)23(35)29-16/h5-6,9-10,12,17,21,34H,7-8,11,13H2,1-4H3/t17-,21-,24-,25-/m0/s1. The molecule has 0 radical (unpaired) electrons. The van der Waals surface area contributed by atoms with E-state index < -0.39 is 17.8 Å². The van der Waals surface area contributed by atoms with Crippen LogP contribution in [-0.2, 0) is 7.05 Å². The molecule has 2 aliphatic rings. The van der Waals surface area contributed by atoms with Gasteiger partial charge in [0.2, 0.25) is 0 Å². The van der Waals surface area contributed by atoms with Gasteiger partial charge in [-0.2, -0.15) is 9.37 Å². The first kappa shape index (κ1) is 23.3. The van der Waals surface area contributed by atoms with Crippen molar-refractivity contribution in [3.05, 3.63) is 46.9 Å². The minimum atomic E-state index is -0.964. The van der Waals surface area contributed by atoms with E-state index in [-0.39, 0.29) is 34.1 Å². The molecule has 8 nitrogen and oxygen atoms in total. The second-order valence-electron chi connectivity index (χ2n) is 10.6. The third kappa shape index (κ3) is 3.94. The number of phenolic OH excluding ortho intramolecular Hbond substituents is 1. The molecule has 184 valence electrons. The molecule has 0 saturated heterocycles. The number of alkyl halides is 1. The van der Waals surface area contributed by atoms with Crippen LogP contribution in [0.2, 0.25) is 0 Å². The van der Waals surface area contributed by atoms with E-state index in [0.717, 1.165) is 36.3 Å². The molecule has 3 aromatic rings. The SMILES string of the molecule is CN(c1cnc(-c2ccc(-c3cc(F)n(C)c(=O)n3)cc2O)nn1)[C@H]1C[C@]2(C)CC[C@@](C)(C2)[C@H]1F. The van der Waals surface area contributed by atoms with Crippen LogP contribution in [0.4, 0.5) is 14.6 Å². The van der Waals surface area contributed by atoms with Crippen molar-refractivity contribution in [2.45, 2.75) is 51.7 Å². The zero-order valence-corrected chi connectivity index (χ0v) is 20.2. The Bertz CT molecular complexity index is 1350. The number of anilines is 1. The highest BCUT2D eigenvalue weighted by Gasteiger charge is 2.56. The lowest BCUT2D eigenvalue weighted by Gasteiger charge is -2.46. The van der Waals surface area contributed by atoms with Crippen molar-refractivity contribution in [2.24, 2.45) is 17.9 Å². The Labute approximate surface area is 201 Å². The molecule has 2 bridgehead atoms. The van der Waals surface area contributed by atoms with Gasteiger partial charge in [0.1, 0.15) is 11.9 Å².